The average Bonchev–Trinajstić information content (AvgIpc) is 2.93. The van der Waals surface area contributed by atoms with Crippen LogP contribution in [0.2, 0.25) is 5.02 Å². The van der Waals surface area contributed by atoms with Crippen molar-refractivity contribution in [3.8, 4) is 0 Å². The lowest BCUT2D eigenvalue weighted by molar-refractivity contribution is 0.0209. The fourth-order valence-electron chi connectivity index (χ4n) is 2.33. The van der Waals surface area contributed by atoms with Crippen molar-refractivity contribution in [2.24, 2.45) is 0 Å². The average molecular weight is 317 g/mol. The Balaban J connectivity index is 1.52. The highest BCUT2D eigenvalue weighted by Gasteiger charge is 2.08. The lowest BCUT2D eigenvalue weighted by atomic mass is 10.2. The maximum Gasteiger partial charge on any atom is 0.0959 e. The first-order chi connectivity index (χ1) is 10.7. The van der Waals surface area contributed by atoms with Crippen LogP contribution in [0.5, 0.6) is 0 Å². The van der Waals surface area contributed by atoms with Gasteiger partial charge in [-0.05, 0) is 29.8 Å². The molecule has 22 heavy (non-hydrogen) atoms. The number of para-hydroxylation sites is 2. The molecule has 0 spiro atoms. The Morgan fingerprint density at radius 1 is 1.14 bits per heavy atom. The van der Waals surface area contributed by atoms with Crippen molar-refractivity contribution in [3.05, 3.63) is 65.4 Å². The molecule has 1 heterocycles. The third-order valence-corrected chi connectivity index (χ3v) is 3.68. The number of aliphatic hydroxyl groups is 1. The van der Waals surface area contributed by atoms with Crippen LogP contribution in [-0.4, -0.2) is 27.4 Å². The number of halogens is 1. The number of fused-ring (bicyclic) bond motifs is 1. The van der Waals surface area contributed by atoms with Crippen LogP contribution in [0.1, 0.15) is 5.56 Å². The molecule has 4 nitrogen and oxygen atoms in total. The summed E-state index contributed by atoms with van der Waals surface area (Å²) in [5.41, 5.74) is 2.97. The van der Waals surface area contributed by atoms with E-state index >= 15 is 0 Å². The molecule has 0 aliphatic heterocycles. The summed E-state index contributed by atoms with van der Waals surface area (Å²) in [6.45, 7) is 1.19. The van der Waals surface area contributed by atoms with Gasteiger partial charge in [0.05, 0.1) is 43.2 Å². The Bertz CT molecular complexity index is 740. The van der Waals surface area contributed by atoms with Crippen molar-refractivity contribution in [2.45, 2.75) is 19.3 Å². The van der Waals surface area contributed by atoms with Crippen molar-refractivity contribution in [1.82, 2.24) is 9.55 Å². The van der Waals surface area contributed by atoms with Gasteiger partial charge in [-0.3, -0.25) is 0 Å². The number of imidazole rings is 1. The maximum atomic E-state index is 10.1. The van der Waals surface area contributed by atoms with Gasteiger partial charge in [0.25, 0.3) is 0 Å². The molecule has 0 fully saturated rings. The molecular weight excluding hydrogens is 300 g/mol. The predicted molar refractivity (Wildman–Crippen MR) is 86.8 cm³/mol. The van der Waals surface area contributed by atoms with E-state index in [0.29, 0.717) is 18.2 Å². The fourth-order valence-corrected chi connectivity index (χ4v) is 2.45. The number of rotatable bonds is 6. The summed E-state index contributed by atoms with van der Waals surface area (Å²) < 4.78 is 7.49. The smallest absolute Gasteiger partial charge is 0.0959 e. The molecule has 1 aromatic heterocycles. The van der Waals surface area contributed by atoms with Gasteiger partial charge >= 0.3 is 0 Å². The van der Waals surface area contributed by atoms with Gasteiger partial charge in [-0.25, -0.2) is 4.98 Å². The molecule has 3 aromatic rings. The number of nitrogens with zero attached hydrogens (tertiary/aromatic N) is 2. The monoisotopic (exact) mass is 316 g/mol. The minimum absolute atomic E-state index is 0.273. The van der Waals surface area contributed by atoms with Crippen LogP contribution >= 0.6 is 11.6 Å². The number of benzene rings is 2. The van der Waals surface area contributed by atoms with Gasteiger partial charge in [0.1, 0.15) is 0 Å². The third kappa shape index (κ3) is 3.65. The number of hydrogen-bond donors (Lipinski definition) is 1. The lowest BCUT2D eigenvalue weighted by Gasteiger charge is -2.13. The van der Waals surface area contributed by atoms with Gasteiger partial charge in [0.2, 0.25) is 0 Å². The van der Waals surface area contributed by atoms with Gasteiger partial charge in [-0.1, -0.05) is 35.9 Å². The van der Waals surface area contributed by atoms with E-state index in [9.17, 15) is 5.11 Å². The van der Waals surface area contributed by atoms with Gasteiger partial charge in [-0.2, -0.15) is 0 Å². The molecule has 0 aliphatic rings. The second-order valence-electron chi connectivity index (χ2n) is 5.18. The summed E-state index contributed by atoms with van der Waals surface area (Å²) in [6, 6.07) is 15.3. The molecule has 0 radical (unpaired) electrons. The van der Waals surface area contributed by atoms with Crippen LogP contribution in [0.4, 0.5) is 0 Å². The fraction of sp³-hybridized carbons (Fsp3) is 0.235. The first-order valence-electron chi connectivity index (χ1n) is 7.12. The zero-order valence-electron chi connectivity index (χ0n) is 12.0. The van der Waals surface area contributed by atoms with Crippen molar-refractivity contribution in [2.75, 3.05) is 6.61 Å². The summed E-state index contributed by atoms with van der Waals surface area (Å²) in [5, 5.41) is 10.8. The lowest BCUT2D eigenvalue weighted by Crippen LogP contribution is -2.21. The van der Waals surface area contributed by atoms with Crippen molar-refractivity contribution >= 4 is 22.6 Å². The van der Waals surface area contributed by atoms with Gasteiger partial charge in [0.15, 0.2) is 0 Å². The zero-order valence-corrected chi connectivity index (χ0v) is 12.8. The van der Waals surface area contributed by atoms with E-state index in [1.165, 1.54) is 0 Å². The predicted octanol–water partition coefficient (Wildman–Crippen LogP) is 3.27. The summed E-state index contributed by atoms with van der Waals surface area (Å²) in [5.74, 6) is 0. The molecule has 1 N–H and O–H groups in total. The highest BCUT2D eigenvalue weighted by Crippen LogP contribution is 2.13. The Morgan fingerprint density at radius 3 is 2.73 bits per heavy atom. The van der Waals surface area contributed by atoms with Crippen LogP contribution in [0.3, 0.4) is 0 Å². The van der Waals surface area contributed by atoms with E-state index in [-0.39, 0.29) is 6.61 Å². The van der Waals surface area contributed by atoms with Crippen LogP contribution in [0.15, 0.2) is 54.9 Å². The van der Waals surface area contributed by atoms with E-state index in [1.807, 2.05) is 53.1 Å². The third-order valence-electron chi connectivity index (χ3n) is 3.43. The molecule has 0 bridgehead atoms. The molecule has 1 atom stereocenters. The number of hydrogen-bond acceptors (Lipinski definition) is 3. The Hall–Kier alpha value is -1.88. The summed E-state index contributed by atoms with van der Waals surface area (Å²) in [4.78, 5) is 4.31. The van der Waals surface area contributed by atoms with Gasteiger partial charge in [-0.15, -0.1) is 0 Å². The quantitative estimate of drug-likeness (QED) is 0.759. The number of ether oxygens (including phenoxy) is 1. The molecule has 0 saturated carbocycles. The van der Waals surface area contributed by atoms with E-state index in [1.54, 1.807) is 6.33 Å². The van der Waals surface area contributed by atoms with E-state index in [0.717, 1.165) is 16.6 Å². The first-order valence-corrected chi connectivity index (χ1v) is 7.50. The molecule has 2 aromatic carbocycles. The Labute approximate surface area is 133 Å². The first kappa shape index (κ1) is 15.0. The molecule has 0 saturated heterocycles. The second-order valence-corrected chi connectivity index (χ2v) is 5.62. The standard InChI is InChI=1S/C17H17ClN2O2/c18-14-7-5-13(6-8-14)10-22-11-15(21)9-20-12-19-16-3-1-2-4-17(16)20/h1-8,12,15,21H,9-11H2/t15-/m0/s1. The summed E-state index contributed by atoms with van der Waals surface area (Å²) >= 11 is 5.83. The topological polar surface area (TPSA) is 47.3 Å². The Kier molecular flexibility index (Phi) is 4.73. The summed E-state index contributed by atoms with van der Waals surface area (Å²) in [6.07, 6.45) is 1.16. The van der Waals surface area contributed by atoms with Crippen molar-refractivity contribution in [3.63, 3.8) is 0 Å². The van der Waals surface area contributed by atoms with Gasteiger partial charge < -0.3 is 14.4 Å². The molecule has 0 amide bonds. The number of aromatic nitrogens is 2. The van der Waals surface area contributed by atoms with Crippen molar-refractivity contribution < 1.29 is 9.84 Å². The summed E-state index contributed by atoms with van der Waals surface area (Å²) in [7, 11) is 0. The van der Waals surface area contributed by atoms with Gasteiger partial charge in [0, 0.05) is 5.02 Å². The second kappa shape index (κ2) is 6.92. The molecule has 0 aliphatic carbocycles. The van der Waals surface area contributed by atoms with E-state index in [4.69, 9.17) is 16.3 Å². The van der Waals surface area contributed by atoms with E-state index < -0.39 is 6.10 Å². The maximum absolute atomic E-state index is 10.1. The molecule has 114 valence electrons. The highest BCUT2D eigenvalue weighted by atomic mass is 35.5. The van der Waals surface area contributed by atoms with Crippen molar-refractivity contribution in [1.29, 1.82) is 0 Å². The zero-order chi connectivity index (χ0) is 15.4. The highest BCUT2D eigenvalue weighted by molar-refractivity contribution is 6.30. The molecule has 0 unspecified atom stereocenters. The molecule has 3 rings (SSSR count). The molecule has 5 heteroatoms. The number of aliphatic hydroxyl groups excluding tert-OH is 1. The minimum atomic E-state index is -0.579. The Morgan fingerprint density at radius 2 is 1.91 bits per heavy atom. The van der Waals surface area contributed by atoms with Crippen LogP contribution < -0.4 is 0 Å². The van der Waals surface area contributed by atoms with Crippen LogP contribution in [0, 0.1) is 0 Å². The SMILES string of the molecule is O[C@H](COCc1ccc(Cl)cc1)Cn1cnc2ccccc21. The molecular formula is C17H17ClN2O2. The van der Waals surface area contributed by atoms with E-state index in [2.05, 4.69) is 4.98 Å². The minimum Gasteiger partial charge on any atom is -0.389 e. The largest absolute Gasteiger partial charge is 0.389 e. The van der Waals surface area contributed by atoms with Crippen LogP contribution in [-0.2, 0) is 17.9 Å². The normalized spacial score (nSPS) is 12.6. The van der Waals surface area contributed by atoms with Crippen LogP contribution in [0.25, 0.3) is 11.0 Å².